The van der Waals surface area contributed by atoms with Gasteiger partial charge in [0.1, 0.15) is 0 Å². The molecule has 0 spiro atoms. The zero-order valence-corrected chi connectivity index (χ0v) is 19.8. The SMILES string of the molecule is CCN=C(NC1C2CCOC2C1(C)C)N1CCC(CN2CCCCC2)C1.I. The largest absolute Gasteiger partial charge is 0.377 e. The van der Waals surface area contributed by atoms with Gasteiger partial charge in [0.15, 0.2) is 5.96 Å². The first-order valence-corrected chi connectivity index (χ1v) is 11.0. The third-order valence-electron chi connectivity index (χ3n) is 7.24. The number of fused-ring (bicyclic) bond motifs is 1. The summed E-state index contributed by atoms with van der Waals surface area (Å²) in [5.74, 6) is 2.62. The lowest BCUT2D eigenvalue weighted by molar-refractivity contribution is -0.107. The van der Waals surface area contributed by atoms with Crippen LogP contribution in [0.4, 0.5) is 0 Å². The highest BCUT2D eigenvalue weighted by atomic mass is 127. The van der Waals surface area contributed by atoms with Gasteiger partial charge >= 0.3 is 0 Å². The first kappa shape index (κ1) is 21.6. The Labute approximate surface area is 182 Å². The Bertz CT molecular complexity index is 520. The molecule has 4 atom stereocenters. The molecule has 4 fully saturated rings. The minimum Gasteiger partial charge on any atom is -0.377 e. The van der Waals surface area contributed by atoms with Crippen molar-refractivity contribution in [3.05, 3.63) is 0 Å². The highest BCUT2D eigenvalue weighted by Gasteiger charge is 2.59. The van der Waals surface area contributed by atoms with Crippen LogP contribution < -0.4 is 5.32 Å². The first-order chi connectivity index (χ1) is 12.6. The van der Waals surface area contributed by atoms with Gasteiger partial charge in [0.2, 0.25) is 0 Å². The molecular weight excluding hydrogens is 451 g/mol. The molecule has 0 aromatic rings. The molecule has 1 N–H and O–H groups in total. The van der Waals surface area contributed by atoms with Crippen molar-refractivity contribution in [1.82, 2.24) is 15.1 Å². The van der Waals surface area contributed by atoms with Crippen molar-refractivity contribution in [3.8, 4) is 0 Å². The van der Waals surface area contributed by atoms with Gasteiger partial charge < -0.3 is 19.9 Å². The number of likely N-dealkylation sites (tertiary alicyclic amines) is 2. The van der Waals surface area contributed by atoms with Crippen molar-refractivity contribution in [2.75, 3.05) is 45.9 Å². The number of rotatable bonds is 4. The van der Waals surface area contributed by atoms with E-state index in [1.54, 1.807) is 0 Å². The third-order valence-corrected chi connectivity index (χ3v) is 7.24. The second-order valence-electron chi connectivity index (χ2n) is 9.45. The normalized spacial score (nSPS) is 36.1. The average molecular weight is 490 g/mol. The maximum atomic E-state index is 5.97. The van der Waals surface area contributed by atoms with Gasteiger partial charge in [-0.2, -0.15) is 0 Å². The van der Waals surface area contributed by atoms with Crippen molar-refractivity contribution in [1.29, 1.82) is 0 Å². The smallest absolute Gasteiger partial charge is 0.194 e. The second-order valence-corrected chi connectivity index (χ2v) is 9.45. The number of hydrogen-bond acceptors (Lipinski definition) is 3. The Morgan fingerprint density at radius 1 is 1.15 bits per heavy atom. The molecule has 3 heterocycles. The minimum absolute atomic E-state index is 0. The maximum Gasteiger partial charge on any atom is 0.194 e. The molecule has 0 aromatic heterocycles. The van der Waals surface area contributed by atoms with E-state index in [4.69, 9.17) is 9.73 Å². The molecule has 6 heteroatoms. The lowest BCUT2D eigenvalue weighted by Gasteiger charge is -2.55. The molecule has 0 radical (unpaired) electrons. The number of aliphatic imine (C=N–C) groups is 1. The highest BCUT2D eigenvalue weighted by Crippen LogP contribution is 2.52. The van der Waals surface area contributed by atoms with Crippen LogP contribution in [-0.2, 0) is 4.74 Å². The molecule has 5 nitrogen and oxygen atoms in total. The molecule has 27 heavy (non-hydrogen) atoms. The molecule has 3 saturated heterocycles. The summed E-state index contributed by atoms with van der Waals surface area (Å²) >= 11 is 0. The molecule has 156 valence electrons. The van der Waals surface area contributed by atoms with E-state index in [-0.39, 0.29) is 29.4 Å². The van der Waals surface area contributed by atoms with E-state index in [1.807, 2.05) is 0 Å². The summed E-state index contributed by atoms with van der Waals surface area (Å²) in [6.45, 7) is 14.9. The Morgan fingerprint density at radius 2 is 1.93 bits per heavy atom. The predicted octanol–water partition coefficient (Wildman–Crippen LogP) is 3.19. The van der Waals surface area contributed by atoms with Gasteiger partial charge in [-0.25, -0.2) is 0 Å². The van der Waals surface area contributed by atoms with Crippen LogP contribution in [0.2, 0.25) is 0 Å². The average Bonchev–Trinajstić information content (AvgIpc) is 3.28. The molecule has 4 unspecified atom stereocenters. The van der Waals surface area contributed by atoms with E-state index in [0.717, 1.165) is 31.6 Å². The summed E-state index contributed by atoms with van der Waals surface area (Å²) in [5, 5.41) is 3.86. The zero-order valence-electron chi connectivity index (χ0n) is 17.5. The standard InChI is InChI=1S/C21H38N4O.HI/c1-4-22-20(23-18-17-9-13-26-19(17)21(18,2)3)25-12-8-16(15-25)14-24-10-6-5-7-11-24;/h16-19H,4-15H2,1-3H3,(H,22,23);1H. The summed E-state index contributed by atoms with van der Waals surface area (Å²) in [6.07, 6.45) is 7.15. The molecule has 1 saturated carbocycles. The molecule has 4 rings (SSSR count). The van der Waals surface area contributed by atoms with Crippen molar-refractivity contribution >= 4 is 29.9 Å². The summed E-state index contributed by atoms with van der Waals surface area (Å²) < 4.78 is 5.97. The lowest BCUT2D eigenvalue weighted by atomic mass is 9.57. The van der Waals surface area contributed by atoms with Crippen LogP contribution in [0.1, 0.15) is 52.9 Å². The Morgan fingerprint density at radius 3 is 2.67 bits per heavy atom. The monoisotopic (exact) mass is 490 g/mol. The molecule has 0 amide bonds. The zero-order chi connectivity index (χ0) is 18.1. The van der Waals surface area contributed by atoms with E-state index >= 15 is 0 Å². The van der Waals surface area contributed by atoms with Crippen molar-refractivity contribution in [3.63, 3.8) is 0 Å². The fraction of sp³-hybridized carbons (Fsp3) is 0.952. The Kier molecular flexibility index (Phi) is 7.34. The fourth-order valence-corrected chi connectivity index (χ4v) is 5.82. The topological polar surface area (TPSA) is 40.1 Å². The first-order valence-electron chi connectivity index (χ1n) is 11.0. The summed E-state index contributed by atoms with van der Waals surface area (Å²) in [7, 11) is 0. The van der Waals surface area contributed by atoms with Crippen molar-refractivity contribution < 1.29 is 4.74 Å². The predicted molar refractivity (Wildman–Crippen MR) is 122 cm³/mol. The van der Waals surface area contributed by atoms with Gasteiger partial charge in [-0.3, -0.25) is 4.99 Å². The van der Waals surface area contributed by atoms with Gasteiger partial charge in [0, 0.05) is 50.2 Å². The molecule has 0 aromatic carbocycles. The number of nitrogens with one attached hydrogen (secondary N) is 1. The number of hydrogen-bond donors (Lipinski definition) is 1. The van der Waals surface area contributed by atoms with Gasteiger partial charge in [-0.15, -0.1) is 24.0 Å². The van der Waals surface area contributed by atoms with E-state index in [9.17, 15) is 0 Å². The van der Waals surface area contributed by atoms with Crippen LogP contribution in [0.5, 0.6) is 0 Å². The summed E-state index contributed by atoms with van der Waals surface area (Å²) in [4.78, 5) is 10.1. The van der Waals surface area contributed by atoms with E-state index in [0.29, 0.717) is 18.1 Å². The third kappa shape index (κ3) is 4.42. The Balaban J connectivity index is 0.00000210. The van der Waals surface area contributed by atoms with E-state index < -0.39 is 0 Å². The number of ether oxygens (including phenoxy) is 1. The van der Waals surface area contributed by atoms with Crippen LogP contribution in [0.3, 0.4) is 0 Å². The molecule has 4 aliphatic rings. The number of guanidine groups is 1. The van der Waals surface area contributed by atoms with Gasteiger partial charge in [-0.1, -0.05) is 20.3 Å². The van der Waals surface area contributed by atoms with Gasteiger partial charge in [0.25, 0.3) is 0 Å². The Hall–Kier alpha value is -0.0800. The lowest BCUT2D eigenvalue weighted by Crippen LogP contribution is -2.68. The second kappa shape index (κ2) is 9.16. The van der Waals surface area contributed by atoms with Crippen LogP contribution in [0, 0.1) is 17.3 Å². The van der Waals surface area contributed by atoms with Crippen LogP contribution >= 0.6 is 24.0 Å². The van der Waals surface area contributed by atoms with Gasteiger partial charge in [0.05, 0.1) is 6.10 Å². The number of halogens is 1. The van der Waals surface area contributed by atoms with Crippen molar-refractivity contribution in [2.24, 2.45) is 22.2 Å². The van der Waals surface area contributed by atoms with Crippen LogP contribution in [-0.4, -0.2) is 73.8 Å². The summed E-state index contributed by atoms with van der Waals surface area (Å²) in [5.41, 5.74) is 0.211. The molecule has 1 aliphatic carbocycles. The van der Waals surface area contributed by atoms with E-state index in [2.05, 4.69) is 35.9 Å². The van der Waals surface area contributed by atoms with Gasteiger partial charge in [-0.05, 0) is 51.6 Å². The number of piperidine rings is 1. The minimum atomic E-state index is 0. The molecule has 3 aliphatic heterocycles. The van der Waals surface area contributed by atoms with E-state index in [1.165, 1.54) is 58.3 Å². The number of nitrogens with zero attached hydrogens (tertiary/aromatic N) is 3. The van der Waals surface area contributed by atoms with Crippen LogP contribution in [0.25, 0.3) is 0 Å². The quantitative estimate of drug-likeness (QED) is 0.374. The molecule has 0 bridgehead atoms. The van der Waals surface area contributed by atoms with Crippen LogP contribution in [0.15, 0.2) is 4.99 Å². The fourth-order valence-electron chi connectivity index (χ4n) is 5.82. The van der Waals surface area contributed by atoms with Crippen molar-refractivity contribution in [2.45, 2.75) is 65.0 Å². The highest BCUT2D eigenvalue weighted by molar-refractivity contribution is 14.0. The molecular formula is C21H39IN4O. The maximum absolute atomic E-state index is 5.97. The summed E-state index contributed by atoms with van der Waals surface area (Å²) in [6, 6.07) is 0.501.